The van der Waals surface area contributed by atoms with Gasteiger partial charge in [0.05, 0.1) is 5.56 Å². The molecule has 0 atom stereocenters. The molecular formula is C13H15N5O2S. The summed E-state index contributed by atoms with van der Waals surface area (Å²) < 4.78 is 0. The molecule has 2 aromatic rings. The van der Waals surface area contributed by atoms with Gasteiger partial charge in [-0.25, -0.2) is 9.78 Å². The zero-order valence-corrected chi connectivity index (χ0v) is 12.1. The fraction of sp³-hybridized carbons (Fsp3) is 0.308. The molecule has 1 aliphatic heterocycles. The van der Waals surface area contributed by atoms with Crippen molar-refractivity contribution in [2.45, 2.75) is 0 Å². The average molecular weight is 305 g/mol. The fourth-order valence-electron chi connectivity index (χ4n) is 2.26. The van der Waals surface area contributed by atoms with Crippen LogP contribution in [0.5, 0.6) is 0 Å². The van der Waals surface area contributed by atoms with Crippen molar-refractivity contribution in [2.24, 2.45) is 0 Å². The molecular weight excluding hydrogens is 290 g/mol. The number of thiophene rings is 1. The predicted octanol–water partition coefficient (Wildman–Crippen LogP) is 1.59. The van der Waals surface area contributed by atoms with E-state index < -0.39 is 6.09 Å². The molecule has 0 bridgehead atoms. The smallest absolute Gasteiger partial charge is 0.407 e. The van der Waals surface area contributed by atoms with E-state index in [1.807, 2.05) is 22.4 Å². The molecule has 3 N–H and O–H groups in total. The lowest BCUT2D eigenvalue weighted by Crippen LogP contribution is -2.48. The van der Waals surface area contributed by atoms with Crippen molar-refractivity contribution in [2.75, 3.05) is 36.8 Å². The standard InChI is InChI=1S/C13H15N5O2S/c14-11-9(10-2-1-7-21-10)8-15-12(16-11)17-3-5-18(6-4-17)13(19)20/h1-2,7-8H,3-6H2,(H,19,20)(H2,14,15,16). The van der Waals surface area contributed by atoms with Gasteiger partial charge in [0.2, 0.25) is 5.95 Å². The molecule has 0 aromatic carbocycles. The number of nitrogens with two attached hydrogens (primary N) is 1. The molecule has 0 aliphatic carbocycles. The van der Waals surface area contributed by atoms with E-state index in [1.165, 1.54) is 4.90 Å². The summed E-state index contributed by atoms with van der Waals surface area (Å²) in [5.74, 6) is 1.00. The molecule has 0 radical (unpaired) electrons. The molecule has 0 saturated carbocycles. The minimum Gasteiger partial charge on any atom is -0.465 e. The van der Waals surface area contributed by atoms with Crippen LogP contribution in [-0.2, 0) is 0 Å². The number of amides is 1. The molecule has 2 aromatic heterocycles. The highest BCUT2D eigenvalue weighted by Gasteiger charge is 2.22. The Hall–Kier alpha value is -2.35. The van der Waals surface area contributed by atoms with Crippen LogP contribution in [0.2, 0.25) is 0 Å². The van der Waals surface area contributed by atoms with E-state index >= 15 is 0 Å². The minimum atomic E-state index is -0.886. The molecule has 1 amide bonds. The molecule has 1 fully saturated rings. The van der Waals surface area contributed by atoms with Gasteiger partial charge in [0.25, 0.3) is 0 Å². The largest absolute Gasteiger partial charge is 0.465 e. The Morgan fingerprint density at radius 1 is 1.33 bits per heavy atom. The third kappa shape index (κ3) is 2.75. The second kappa shape index (κ2) is 5.57. The SMILES string of the molecule is Nc1nc(N2CCN(C(=O)O)CC2)ncc1-c1cccs1. The number of hydrogen-bond acceptors (Lipinski definition) is 6. The van der Waals surface area contributed by atoms with Gasteiger partial charge in [-0.2, -0.15) is 4.98 Å². The maximum absolute atomic E-state index is 10.9. The number of carboxylic acid groups (broad SMARTS) is 1. The molecule has 21 heavy (non-hydrogen) atoms. The van der Waals surface area contributed by atoms with Crippen molar-refractivity contribution in [3.05, 3.63) is 23.7 Å². The zero-order valence-electron chi connectivity index (χ0n) is 11.3. The highest BCUT2D eigenvalue weighted by atomic mass is 32.1. The maximum atomic E-state index is 10.9. The van der Waals surface area contributed by atoms with Gasteiger partial charge in [0.1, 0.15) is 5.82 Å². The van der Waals surface area contributed by atoms with Crippen molar-refractivity contribution in [1.29, 1.82) is 0 Å². The lowest BCUT2D eigenvalue weighted by molar-refractivity contribution is 0.142. The monoisotopic (exact) mass is 305 g/mol. The van der Waals surface area contributed by atoms with Gasteiger partial charge in [0.15, 0.2) is 0 Å². The number of nitrogens with zero attached hydrogens (tertiary/aromatic N) is 4. The molecule has 8 heteroatoms. The van der Waals surface area contributed by atoms with Crippen LogP contribution in [0.25, 0.3) is 10.4 Å². The molecule has 0 spiro atoms. The van der Waals surface area contributed by atoms with Crippen LogP contribution in [0, 0.1) is 0 Å². The van der Waals surface area contributed by atoms with Gasteiger partial charge in [-0.1, -0.05) is 6.07 Å². The topological polar surface area (TPSA) is 95.6 Å². The quantitative estimate of drug-likeness (QED) is 0.874. The normalized spacial score (nSPS) is 15.2. The number of aromatic nitrogens is 2. The summed E-state index contributed by atoms with van der Waals surface area (Å²) in [6.45, 7) is 2.05. The highest BCUT2D eigenvalue weighted by molar-refractivity contribution is 7.13. The molecule has 1 saturated heterocycles. The van der Waals surface area contributed by atoms with E-state index in [0.29, 0.717) is 37.9 Å². The Morgan fingerprint density at radius 2 is 2.10 bits per heavy atom. The fourth-order valence-corrected chi connectivity index (χ4v) is 3.00. The number of rotatable bonds is 2. The average Bonchev–Trinajstić information content (AvgIpc) is 3.01. The summed E-state index contributed by atoms with van der Waals surface area (Å²) in [6, 6.07) is 3.93. The third-order valence-electron chi connectivity index (χ3n) is 3.43. The van der Waals surface area contributed by atoms with Crippen LogP contribution in [0.15, 0.2) is 23.7 Å². The lowest BCUT2D eigenvalue weighted by atomic mass is 10.2. The van der Waals surface area contributed by atoms with Crippen molar-refractivity contribution in [3.63, 3.8) is 0 Å². The second-order valence-corrected chi connectivity index (χ2v) is 5.65. The molecule has 7 nitrogen and oxygen atoms in total. The summed E-state index contributed by atoms with van der Waals surface area (Å²) in [7, 11) is 0. The predicted molar refractivity (Wildman–Crippen MR) is 81.6 cm³/mol. The van der Waals surface area contributed by atoms with E-state index in [2.05, 4.69) is 9.97 Å². The number of hydrogen-bond donors (Lipinski definition) is 2. The Morgan fingerprint density at radius 3 is 2.67 bits per heavy atom. The Labute approximate surface area is 125 Å². The van der Waals surface area contributed by atoms with Crippen LogP contribution in [0.3, 0.4) is 0 Å². The van der Waals surface area contributed by atoms with E-state index in [4.69, 9.17) is 10.8 Å². The summed E-state index contributed by atoms with van der Waals surface area (Å²) in [5, 5.41) is 10.9. The van der Waals surface area contributed by atoms with Crippen molar-refractivity contribution in [3.8, 4) is 10.4 Å². The first-order valence-electron chi connectivity index (χ1n) is 6.54. The Balaban J connectivity index is 1.76. The van der Waals surface area contributed by atoms with E-state index in [0.717, 1.165) is 10.4 Å². The van der Waals surface area contributed by atoms with Crippen LogP contribution < -0.4 is 10.6 Å². The Kier molecular flexibility index (Phi) is 3.61. The summed E-state index contributed by atoms with van der Waals surface area (Å²) in [4.78, 5) is 24.0. The van der Waals surface area contributed by atoms with E-state index in [9.17, 15) is 4.79 Å². The maximum Gasteiger partial charge on any atom is 0.407 e. The summed E-state index contributed by atoms with van der Waals surface area (Å²) in [5.41, 5.74) is 6.85. The minimum absolute atomic E-state index is 0.447. The zero-order chi connectivity index (χ0) is 14.8. The van der Waals surface area contributed by atoms with Crippen LogP contribution in [0.1, 0.15) is 0 Å². The van der Waals surface area contributed by atoms with Crippen molar-refractivity contribution >= 4 is 29.2 Å². The third-order valence-corrected chi connectivity index (χ3v) is 4.33. The van der Waals surface area contributed by atoms with Gasteiger partial charge in [-0.3, -0.25) is 0 Å². The van der Waals surface area contributed by atoms with Gasteiger partial charge in [0, 0.05) is 37.3 Å². The first-order chi connectivity index (χ1) is 10.1. The molecule has 0 unspecified atom stereocenters. The van der Waals surface area contributed by atoms with Gasteiger partial charge < -0.3 is 20.6 Å². The van der Waals surface area contributed by atoms with Crippen molar-refractivity contribution in [1.82, 2.24) is 14.9 Å². The number of anilines is 2. The van der Waals surface area contributed by atoms with Crippen molar-refractivity contribution < 1.29 is 9.90 Å². The van der Waals surface area contributed by atoms with Crippen LogP contribution in [0.4, 0.5) is 16.6 Å². The molecule has 1 aliphatic rings. The summed E-state index contributed by atoms with van der Waals surface area (Å²) in [6.07, 6.45) is 0.843. The number of nitrogen functional groups attached to an aromatic ring is 1. The summed E-state index contributed by atoms with van der Waals surface area (Å²) >= 11 is 1.59. The van der Waals surface area contributed by atoms with Crippen LogP contribution in [-0.4, -0.2) is 52.2 Å². The second-order valence-electron chi connectivity index (χ2n) is 4.70. The van der Waals surface area contributed by atoms with E-state index in [1.54, 1.807) is 17.5 Å². The molecule has 3 rings (SSSR count). The van der Waals surface area contributed by atoms with Gasteiger partial charge in [-0.15, -0.1) is 11.3 Å². The van der Waals surface area contributed by atoms with Gasteiger partial charge in [-0.05, 0) is 11.4 Å². The molecule has 110 valence electrons. The number of carbonyl (C=O) groups is 1. The lowest BCUT2D eigenvalue weighted by Gasteiger charge is -2.33. The Bertz CT molecular complexity index is 638. The van der Waals surface area contributed by atoms with Gasteiger partial charge >= 0.3 is 6.09 Å². The highest BCUT2D eigenvalue weighted by Crippen LogP contribution is 2.29. The number of piperazine rings is 1. The first-order valence-corrected chi connectivity index (χ1v) is 7.42. The van der Waals surface area contributed by atoms with E-state index in [-0.39, 0.29) is 0 Å². The molecule has 3 heterocycles. The first kappa shape index (κ1) is 13.6. The van der Waals surface area contributed by atoms with Crippen LogP contribution >= 0.6 is 11.3 Å².